The van der Waals surface area contributed by atoms with Crippen LogP contribution in [0.4, 0.5) is 10.5 Å². The third-order valence-electron chi connectivity index (χ3n) is 4.67. The first-order valence-corrected chi connectivity index (χ1v) is 8.29. The maximum absolute atomic E-state index is 13.0. The zero-order valence-corrected chi connectivity index (χ0v) is 14.7. The van der Waals surface area contributed by atoms with Crippen LogP contribution >= 0.6 is 0 Å². The number of rotatable bonds is 3. The SMILES string of the molecule is C=C1NC(=O)N[C@H](c2ccc(O)cc2)[C@@H]1C(=O)Nc1cccc(C)c1C. The molecule has 134 valence electrons. The molecule has 0 aromatic heterocycles. The number of urea groups is 1. The number of aromatic hydroxyl groups is 1. The largest absolute Gasteiger partial charge is 0.508 e. The molecule has 0 spiro atoms. The Morgan fingerprint density at radius 3 is 2.54 bits per heavy atom. The summed E-state index contributed by atoms with van der Waals surface area (Å²) < 4.78 is 0. The van der Waals surface area contributed by atoms with Gasteiger partial charge in [0.15, 0.2) is 0 Å². The molecule has 2 aromatic rings. The van der Waals surface area contributed by atoms with Crippen LogP contribution in [0, 0.1) is 19.8 Å². The highest BCUT2D eigenvalue weighted by Gasteiger charge is 2.37. The van der Waals surface area contributed by atoms with Crippen LogP contribution in [-0.4, -0.2) is 17.0 Å². The smallest absolute Gasteiger partial charge is 0.319 e. The molecule has 0 aliphatic carbocycles. The molecule has 4 N–H and O–H groups in total. The fraction of sp³-hybridized carbons (Fsp3) is 0.200. The molecule has 2 atom stereocenters. The van der Waals surface area contributed by atoms with Crippen LogP contribution in [0.2, 0.25) is 0 Å². The van der Waals surface area contributed by atoms with Crippen molar-refractivity contribution < 1.29 is 14.7 Å². The van der Waals surface area contributed by atoms with E-state index in [-0.39, 0.29) is 11.7 Å². The number of benzene rings is 2. The number of nitrogens with one attached hydrogen (secondary N) is 3. The van der Waals surface area contributed by atoms with Crippen molar-refractivity contribution in [1.82, 2.24) is 10.6 Å². The molecule has 0 unspecified atom stereocenters. The van der Waals surface area contributed by atoms with Gasteiger partial charge >= 0.3 is 6.03 Å². The van der Waals surface area contributed by atoms with E-state index in [1.165, 1.54) is 12.1 Å². The van der Waals surface area contributed by atoms with E-state index in [4.69, 9.17) is 0 Å². The van der Waals surface area contributed by atoms with Gasteiger partial charge in [-0.15, -0.1) is 0 Å². The van der Waals surface area contributed by atoms with Crippen molar-refractivity contribution in [2.24, 2.45) is 5.92 Å². The predicted molar refractivity (Wildman–Crippen MR) is 99.7 cm³/mol. The van der Waals surface area contributed by atoms with E-state index in [9.17, 15) is 14.7 Å². The summed E-state index contributed by atoms with van der Waals surface area (Å²) in [6.45, 7) is 7.78. The van der Waals surface area contributed by atoms with Crippen molar-refractivity contribution in [1.29, 1.82) is 0 Å². The molecule has 0 bridgehead atoms. The lowest BCUT2D eigenvalue weighted by Gasteiger charge is -2.34. The van der Waals surface area contributed by atoms with Crippen LogP contribution in [0.25, 0.3) is 0 Å². The van der Waals surface area contributed by atoms with Gasteiger partial charge in [-0.05, 0) is 48.7 Å². The first-order chi connectivity index (χ1) is 12.4. The molecule has 26 heavy (non-hydrogen) atoms. The average Bonchev–Trinajstić information content (AvgIpc) is 2.59. The Kier molecular flexibility index (Phi) is 4.67. The van der Waals surface area contributed by atoms with Gasteiger partial charge in [0.1, 0.15) is 11.7 Å². The molecule has 1 aliphatic rings. The first kappa shape index (κ1) is 17.5. The molecule has 6 heteroatoms. The molecule has 1 fully saturated rings. The van der Waals surface area contributed by atoms with Crippen molar-refractivity contribution in [3.05, 3.63) is 71.4 Å². The number of aryl methyl sites for hydroxylation is 1. The number of phenolic OH excluding ortho intramolecular Hbond substituents is 1. The Bertz CT molecular complexity index is 874. The summed E-state index contributed by atoms with van der Waals surface area (Å²) in [5.74, 6) is -0.851. The lowest BCUT2D eigenvalue weighted by Crippen LogP contribution is -2.51. The van der Waals surface area contributed by atoms with E-state index in [0.29, 0.717) is 11.3 Å². The minimum Gasteiger partial charge on any atom is -0.508 e. The topological polar surface area (TPSA) is 90.5 Å². The molecule has 6 nitrogen and oxygen atoms in total. The normalized spacial score (nSPS) is 19.5. The second-order valence-corrected chi connectivity index (χ2v) is 6.41. The van der Waals surface area contributed by atoms with Gasteiger partial charge in [0.25, 0.3) is 0 Å². The molecule has 2 aromatic carbocycles. The van der Waals surface area contributed by atoms with E-state index < -0.39 is 18.0 Å². The van der Waals surface area contributed by atoms with E-state index in [1.54, 1.807) is 12.1 Å². The van der Waals surface area contributed by atoms with Crippen molar-refractivity contribution in [2.75, 3.05) is 5.32 Å². The first-order valence-electron chi connectivity index (χ1n) is 8.29. The Balaban J connectivity index is 1.91. The van der Waals surface area contributed by atoms with Crippen LogP contribution in [0.3, 0.4) is 0 Å². The number of carbonyl (C=O) groups excluding carboxylic acids is 2. The number of anilines is 1. The van der Waals surface area contributed by atoms with Crippen LogP contribution in [0.1, 0.15) is 22.7 Å². The third-order valence-corrected chi connectivity index (χ3v) is 4.67. The molecule has 0 saturated carbocycles. The van der Waals surface area contributed by atoms with Crippen molar-refractivity contribution in [2.45, 2.75) is 19.9 Å². The monoisotopic (exact) mass is 351 g/mol. The minimum absolute atomic E-state index is 0.115. The molecule has 1 saturated heterocycles. The second-order valence-electron chi connectivity index (χ2n) is 6.41. The van der Waals surface area contributed by atoms with Gasteiger partial charge in [-0.2, -0.15) is 0 Å². The highest BCUT2D eigenvalue weighted by atomic mass is 16.3. The van der Waals surface area contributed by atoms with Crippen LogP contribution in [0.15, 0.2) is 54.7 Å². The fourth-order valence-corrected chi connectivity index (χ4v) is 3.05. The number of amides is 3. The summed E-state index contributed by atoms with van der Waals surface area (Å²) in [6, 6.07) is 11.1. The van der Waals surface area contributed by atoms with Crippen LogP contribution in [0.5, 0.6) is 5.75 Å². The highest BCUT2D eigenvalue weighted by Crippen LogP contribution is 2.31. The summed E-state index contributed by atoms with van der Waals surface area (Å²) >= 11 is 0. The number of hydrogen-bond acceptors (Lipinski definition) is 3. The highest BCUT2D eigenvalue weighted by molar-refractivity contribution is 5.97. The van der Waals surface area contributed by atoms with Gasteiger partial charge in [0.05, 0.1) is 6.04 Å². The van der Waals surface area contributed by atoms with Gasteiger partial charge in [-0.1, -0.05) is 30.8 Å². The van der Waals surface area contributed by atoms with Gasteiger partial charge in [-0.25, -0.2) is 4.79 Å². The zero-order chi connectivity index (χ0) is 18.8. The summed E-state index contributed by atoms with van der Waals surface area (Å²) in [6.07, 6.45) is 0. The number of phenols is 1. The summed E-state index contributed by atoms with van der Waals surface area (Å²) in [5.41, 5.74) is 3.82. The summed E-state index contributed by atoms with van der Waals surface area (Å²) in [4.78, 5) is 24.9. The van der Waals surface area contributed by atoms with Crippen LogP contribution < -0.4 is 16.0 Å². The minimum atomic E-state index is -0.697. The van der Waals surface area contributed by atoms with Crippen molar-refractivity contribution in [3.8, 4) is 5.75 Å². The Labute approximate surface area is 151 Å². The molecular weight excluding hydrogens is 330 g/mol. The van der Waals surface area contributed by atoms with E-state index in [1.807, 2.05) is 32.0 Å². The number of hydrogen-bond donors (Lipinski definition) is 4. The lowest BCUT2D eigenvalue weighted by molar-refractivity contribution is -0.119. The van der Waals surface area contributed by atoms with Crippen molar-refractivity contribution >= 4 is 17.6 Å². The molecule has 3 rings (SSSR count). The number of carbonyl (C=O) groups is 2. The molecule has 0 radical (unpaired) electrons. The summed E-state index contributed by atoms with van der Waals surface area (Å²) in [5, 5.41) is 17.8. The molecular formula is C20H21N3O3. The van der Waals surface area contributed by atoms with E-state index in [2.05, 4.69) is 22.5 Å². The maximum Gasteiger partial charge on any atom is 0.319 e. The van der Waals surface area contributed by atoms with Crippen LogP contribution in [-0.2, 0) is 4.79 Å². The third kappa shape index (κ3) is 3.39. The fourth-order valence-electron chi connectivity index (χ4n) is 3.05. The molecule has 1 heterocycles. The Morgan fingerprint density at radius 1 is 1.15 bits per heavy atom. The molecule has 3 amide bonds. The van der Waals surface area contributed by atoms with Crippen molar-refractivity contribution in [3.63, 3.8) is 0 Å². The lowest BCUT2D eigenvalue weighted by atomic mass is 9.88. The van der Waals surface area contributed by atoms with E-state index >= 15 is 0 Å². The van der Waals surface area contributed by atoms with E-state index in [0.717, 1.165) is 16.8 Å². The average molecular weight is 351 g/mol. The quantitative estimate of drug-likeness (QED) is 0.685. The Morgan fingerprint density at radius 2 is 1.85 bits per heavy atom. The second kappa shape index (κ2) is 6.92. The maximum atomic E-state index is 13.0. The predicted octanol–water partition coefficient (Wildman–Crippen LogP) is 3.13. The molecule has 1 aliphatic heterocycles. The Hall–Kier alpha value is -3.28. The summed E-state index contributed by atoms with van der Waals surface area (Å²) in [7, 11) is 0. The van der Waals surface area contributed by atoms with Gasteiger partial charge < -0.3 is 21.1 Å². The van der Waals surface area contributed by atoms with Gasteiger partial charge in [0, 0.05) is 11.4 Å². The van der Waals surface area contributed by atoms with Gasteiger partial charge in [-0.3, -0.25) is 4.79 Å². The standard InChI is InChI=1S/C20H21N3O3/c1-11-5-4-6-16(12(11)2)22-19(25)17-13(3)21-20(26)23-18(17)14-7-9-15(24)10-8-14/h4-10,17-18,24H,3H2,1-2H3,(H,22,25)(H2,21,23,26)/t17-,18-/m1/s1. The van der Waals surface area contributed by atoms with Gasteiger partial charge in [0.2, 0.25) is 5.91 Å². The zero-order valence-electron chi connectivity index (χ0n) is 14.7.